The maximum absolute atomic E-state index is 13.9. The molecule has 26 heavy (non-hydrogen) atoms. The van der Waals surface area contributed by atoms with Crippen molar-refractivity contribution in [3.8, 4) is 0 Å². The summed E-state index contributed by atoms with van der Waals surface area (Å²) in [6.45, 7) is 3.58. The average molecular weight is 352 g/mol. The van der Waals surface area contributed by atoms with Crippen LogP contribution in [0.1, 0.15) is 40.2 Å². The van der Waals surface area contributed by atoms with Crippen molar-refractivity contribution in [3.63, 3.8) is 0 Å². The lowest BCUT2D eigenvalue weighted by atomic mass is 10.0. The van der Waals surface area contributed by atoms with Crippen LogP contribution in [0.4, 0.5) is 10.1 Å². The van der Waals surface area contributed by atoms with E-state index in [1.165, 1.54) is 6.07 Å². The average Bonchev–Trinajstić information content (AvgIpc) is 3.14. The Labute approximate surface area is 149 Å². The molecule has 4 rings (SSSR count). The van der Waals surface area contributed by atoms with Gasteiger partial charge in [-0.05, 0) is 37.1 Å². The van der Waals surface area contributed by atoms with Crippen LogP contribution in [0.25, 0.3) is 11.0 Å². The Morgan fingerprint density at radius 1 is 1.31 bits per heavy atom. The van der Waals surface area contributed by atoms with Gasteiger partial charge in [-0.2, -0.15) is 0 Å². The Bertz CT molecular complexity index is 1050. The van der Waals surface area contributed by atoms with Gasteiger partial charge in [-0.25, -0.2) is 4.39 Å². The Morgan fingerprint density at radius 2 is 2.12 bits per heavy atom. The minimum Gasteiger partial charge on any atom is -0.448 e. The van der Waals surface area contributed by atoms with Crippen LogP contribution < -0.4 is 10.6 Å². The zero-order chi connectivity index (χ0) is 18.4. The molecule has 6 heteroatoms. The number of hydrogen-bond donors (Lipinski definition) is 2. The van der Waals surface area contributed by atoms with E-state index in [9.17, 15) is 14.0 Å². The molecule has 1 atom stereocenters. The van der Waals surface area contributed by atoms with Crippen LogP contribution in [0, 0.1) is 12.7 Å². The van der Waals surface area contributed by atoms with Gasteiger partial charge >= 0.3 is 0 Å². The summed E-state index contributed by atoms with van der Waals surface area (Å²) < 4.78 is 19.3. The lowest BCUT2D eigenvalue weighted by Crippen LogP contribution is -2.26. The fraction of sp³-hybridized carbons (Fsp3) is 0.200. The van der Waals surface area contributed by atoms with Gasteiger partial charge in [-0.15, -0.1) is 0 Å². The molecule has 0 saturated heterocycles. The molecule has 0 fully saturated rings. The van der Waals surface area contributed by atoms with Gasteiger partial charge in [0.15, 0.2) is 17.2 Å². The first-order chi connectivity index (χ1) is 12.4. The number of halogens is 1. The molecule has 0 aliphatic carbocycles. The summed E-state index contributed by atoms with van der Waals surface area (Å²) in [5.74, 6) is -0.822. The quantitative estimate of drug-likeness (QED) is 0.752. The summed E-state index contributed by atoms with van der Waals surface area (Å²) in [5.41, 5.74) is 3.29. The molecule has 1 aromatic heterocycles. The molecule has 0 bridgehead atoms. The number of hydrogen-bond acceptors (Lipinski definition) is 3. The third kappa shape index (κ3) is 2.63. The zero-order valence-corrected chi connectivity index (χ0v) is 14.4. The number of nitrogens with one attached hydrogen (secondary N) is 2. The highest BCUT2D eigenvalue weighted by Crippen LogP contribution is 2.29. The molecule has 0 saturated carbocycles. The van der Waals surface area contributed by atoms with E-state index in [4.69, 9.17) is 4.42 Å². The predicted octanol–water partition coefficient (Wildman–Crippen LogP) is 3.87. The molecule has 132 valence electrons. The van der Waals surface area contributed by atoms with Crippen molar-refractivity contribution in [3.05, 3.63) is 64.7 Å². The van der Waals surface area contributed by atoms with Gasteiger partial charge in [0, 0.05) is 16.6 Å². The number of benzene rings is 2. The van der Waals surface area contributed by atoms with Crippen molar-refractivity contribution >= 4 is 28.5 Å². The van der Waals surface area contributed by atoms with Crippen molar-refractivity contribution in [1.82, 2.24) is 5.32 Å². The number of carbonyl (C=O) groups excluding carboxylic acids is 2. The van der Waals surface area contributed by atoms with Gasteiger partial charge < -0.3 is 15.1 Å². The maximum atomic E-state index is 13.9. The number of amides is 2. The van der Waals surface area contributed by atoms with Crippen molar-refractivity contribution in [1.29, 1.82) is 0 Å². The topological polar surface area (TPSA) is 71.3 Å². The molecule has 1 aliphatic heterocycles. The highest BCUT2D eigenvalue weighted by Gasteiger charge is 2.23. The monoisotopic (exact) mass is 352 g/mol. The van der Waals surface area contributed by atoms with Gasteiger partial charge in [0.1, 0.15) is 0 Å². The smallest absolute Gasteiger partial charge is 0.287 e. The third-order valence-corrected chi connectivity index (χ3v) is 4.72. The summed E-state index contributed by atoms with van der Waals surface area (Å²) in [6, 6.07) is 9.92. The van der Waals surface area contributed by atoms with E-state index in [2.05, 4.69) is 10.6 Å². The minimum atomic E-state index is -0.492. The molecule has 2 aromatic carbocycles. The standard InChI is InChI=1S/C20H17FN2O3/c1-10-14-4-3-5-15(21)19(14)26-18(10)20(25)22-11(2)12-6-7-16-13(8-12)9-17(24)23-16/h3-8,11H,9H2,1-2H3,(H,22,25)(H,23,24)/t11-/m0/s1. The zero-order valence-electron chi connectivity index (χ0n) is 14.4. The first-order valence-electron chi connectivity index (χ1n) is 8.35. The van der Waals surface area contributed by atoms with E-state index >= 15 is 0 Å². The number of furan rings is 1. The van der Waals surface area contributed by atoms with Crippen LogP contribution in [0.3, 0.4) is 0 Å². The lowest BCUT2D eigenvalue weighted by Gasteiger charge is -2.14. The van der Waals surface area contributed by atoms with Crippen molar-refractivity contribution in [2.24, 2.45) is 0 Å². The number of rotatable bonds is 3. The Balaban J connectivity index is 1.59. The first kappa shape index (κ1) is 16.3. The van der Waals surface area contributed by atoms with Gasteiger partial charge in [0.05, 0.1) is 12.5 Å². The Kier molecular flexibility index (Phi) is 3.76. The third-order valence-electron chi connectivity index (χ3n) is 4.72. The molecule has 2 amide bonds. The van der Waals surface area contributed by atoms with Crippen LogP contribution in [-0.2, 0) is 11.2 Å². The minimum absolute atomic E-state index is 0.0336. The highest BCUT2D eigenvalue weighted by molar-refractivity contribution is 6.00. The van der Waals surface area contributed by atoms with Crippen molar-refractivity contribution in [2.75, 3.05) is 5.32 Å². The van der Waals surface area contributed by atoms with Crippen molar-refractivity contribution in [2.45, 2.75) is 26.3 Å². The van der Waals surface area contributed by atoms with E-state index in [1.807, 2.05) is 25.1 Å². The number of para-hydroxylation sites is 1. The van der Waals surface area contributed by atoms with Gasteiger partial charge in [-0.1, -0.05) is 24.3 Å². The fourth-order valence-corrected chi connectivity index (χ4v) is 3.29. The predicted molar refractivity (Wildman–Crippen MR) is 95.6 cm³/mol. The molecular formula is C20H17FN2O3. The summed E-state index contributed by atoms with van der Waals surface area (Å²) in [4.78, 5) is 24.1. The lowest BCUT2D eigenvalue weighted by molar-refractivity contribution is -0.115. The molecular weight excluding hydrogens is 335 g/mol. The molecule has 1 aliphatic rings. The normalized spacial score (nSPS) is 14.2. The first-order valence-corrected chi connectivity index (χ1v) is 8.35. The van der Waals surface area contributed by atoms with Crippen LogP contribution in [0.2, 0.25) is 0 Å². The summed E-state index contributed by atoms with van der Waals surface area (Å²) >= 11 is 0. The van der Waals surface area contributed by atoms with Crippen LogP contribution in [0.5, 0.6) is 0 Å². The molecule has 2 heterocycles. The van der Waals surface area contributed by atoms with E-state index in [1.54, 1.807) is 19.1 Å². The second-order valence-corrected chi connectivity index (χ2v) is 6.51. The van der Waals surface area contributed by atoms with Gasteiger partial charge in [0.25, 0.3) is 5.91 Å². The van der Waals surface area contributed by atoms with Crippen LogP contribution in [-0.4, -0.2) is 11.8 Å². The maximum Gasteiger partial charge on any atom is 0.287 e. The van der Waals surface area contributed by atoms with Gasteiger partial charge in [0.2, 0.25) is 5.91 Å². The molecule has 0 unspecified atom stereocenters. The molecule has 0 radical (unpaired) electrons. The molecule has 3 aromatic rings. The van der Waals surface area contributed by atoms with Crippen LogP contribution >= 0.6 is 0 Å². The summed E-state index contributed by atoms with van der Waals surface area (Å²) in [5, 5.41) is 6.24. The number of carbonyl (C=O) groups is 2. The molecule has 0 spiro atoms. The fourth-order valence-electron chi connectivity index (χ4n) is 3.29. The Hall–Kier alpha value is -3.15. The van der Waals surface area contributed by atoms with E-state index in [-0.39, 0.29) is 23.3 Å². The van der Waals surface area contributed by atoms with E-state index in [0.717, 1.165) is 16.8 Å². The van der Waals surface area contributed by atoms with Crippen LogP contribution in [0.15, 0.2) is 40.8 Å². The highest BCUT2D eigenvalue weighted by atomic mass is 19.1. The second kappa shape index (κ2) is 5.98. The number of fused-ring (bicyclic) bond motifs is 2. The summed E-state index contributed by atoms with van der Waals surface area (Å²) in [7, 11) is 0. The van der Waals surface area contributed by atoms with E-state index in [0.29, 0.717) is 17.4 Å². The van der Waals surface area contributed by atoms with E-state index < -0.39 is 11.7 Å². The number of anilines is 1. The Morgan fingerprint density at radius 3 is 2.88 bits per heavy atom. The molecule has 2 N–H and O–H groups in total. The number of aryl methyl sites for hydroxylation is 1. The second-order valence-electron chi connectivity index (χ2n) is 6.51. The SMILES string of the molecule is Cc1c(C(=O)N[C@@H](C)c2ccc3c(c2)CC(=O)N3)oc2c(F)cccc12. The summed E-state index contributed by atoms with van der Waals surface area (Å²) in [6.07, 6.45) is 0.339. The van der Waals surface area contributed by atoms with Gasteiger partial charge in [-0.3, -0.25) is 9.59 Å². The van der Waals surface area contributed by atoms with Crippen molar-refractivity contribution < 1.29 is 18.4 Å². The largest absolute Gasteiger partial charge is 0.448 e. The molecule has 5 nitrogen and oxygen atoms in total.